The SMILES string of the molecule is O=C(NCc1ccc([N+](=O)[O-])cn1)C(c1ccccc1)c1ccccc1. The summed E-state index contributed by atoms with van der Waals surface area (Å²) in [6.45, 7) is 0.201. The highest BCUT2D eigenvalue weighted by Crippen LogP contribution is 2.24. The Hall–Kier alpha value is -3.54. The number of nitro groups is 1. The molecular formula is C20H17N3O3. The summed E-state index contributed by atoms with van der Waals surface area (Å²) in [6.07, 6.45) is 1.19. The molecule has 130 valence electrons. The van der Waals surface area contributed by atoms with Crippen molar-refractivity contribution in [1.29, 1.82) is 0 Å². The maximum absolute atomic E-state index is 12.8. The smallest absolute Gasteiger partial charge is 0.287 e. The minimum Gasteiger partial charge on any atom is -0.350 e. The fraction of sp³-hybridized carbons (Fsp3) is 0.100. The molecule has 1 aromatic heterocycles. The predicted molar refractivity (Wildman–Crippen MR) is 97.5 cm³/mol. The first kappa shape index (κ1) is 17.3. The second-order valence-electron chi connectivity index (χ2n) is 5.74. The number of nitrogens with zero attached hydrogens (tertiary/aromatic N) is 2. The van der Waals surface area contributed by atoms with Crippen LogP contribution in [0.15, 0.2) is 79.0 Å². The monoisotopic (exact) mass is 347 g/mol. The highest BCUT2D eigenvalue weighted by atomic mass is 16.6. The van der Waals surface area contributed by atoms with Crippen LogP contribution in [0.1, 0.15) is 22.7 Å². The van der Waals surface area contributed by atoms with Crippen LogP contribution < -0.4 is 5.32 Å². The largest absolute Gasteiger partial charge is 0.350 e. The van der Waals surface area contributed by atoms with Crippen molar-refractivity contribution < 1.29 is 9.72 Å². The summed E-state index contributed by atoms with van der Waals surface area (Å²) in [5, 5.41) is 13.6. The van der Waals surface area contributed by atoms with Gasteiger partial charge in [0.15, 0.2) is 0 Å². The fourth-order valence-corrected chi connectivity index (χ4v) is 2.70. The number of carbonyl (C=O) groups excluding carboxylic acids is 1. The van der Waals surface area contributed by atoms with E-state index in [9.17, 15) is 14.9 Å². The van der Waals surface area contributed by atoms with Crippen LogP contribution in [0.25, 0.3) is 0 Å². The Bertz CT molecular complexity index is 842. The molecule has 0 spiro atoms. The average Bonchev–Trinajstić information content (AvgIpc) is 2.68. The second-order valence-corrected chi connectivity index (χ2v) is 5.74. The van der Waals surface area contributed by atoms with E-state index >= 15 is 0 Å². The van der Waals surface area contributed by atoms with Crippen LogP contribution in [0.3, 0.4) is 0 Å². The highest BCUT2D eigenvalue weighted by molar-refractivity contribution is 5.87. The molecule has 0 aliphatic carbocycles. The van der Waals surface area contributed by atoms with Gasteiger partial charge in [0, 0.05) is 6.07 Å². The lowest BCUT2D eigenvalue weighted by Crippen LogP contribution is -2.30. The number of benzene rings is 2. The number of nitrogens with one attached hydrogen (secondary N) is 1. The van der Waals surface area contributed by atoms with Crippen molar-refractivity contribution in [3.8, 4) is 0 Å². The summed E-state index contributed by atoms with van der Waals surface area (Å²) in [5.74, 6) is -0.585. The first-order valence-corrected chi connectivity index (χ1v) is 8.12. The molecule has 2 aromatic carbocycles. The van der Waals surface area contributed by atoms with Gasteiger partial charge in [-0.3, -0.25) is 19.9 Å². The molecule has 1 heterocycles. The Morgan fingerprint density at radius 2 is 1.54 bits per heavy atom. The third-order valence-corrected chi connectivity index (χ3v) is 3.99. The van der Waals surface area contributed by atoms with Crippen LogP contribution in [-0.2, 0) is 11.3 Å². The minimum atomic E-state index is -0.504. The maximum Gasteiger partial charge on any atom is 0.287 e. The van der Waals surface area contributed by atoms with Gasteiger partial charge in [-0.2, -0.15) is 0 Å². The zero-order valence-corrected chi connectivity index (χ0v) is 13.9. The molecule has 0 atom stereocenters. The Balaban J connectivity index is 1.77. The number of amides is 1. The molecular weight excluding hydrogens is 330 g/mol. The van der Waals surface area contributed by atoms with Crippen LogP contribution in [0, 0.1) is 10.1 Å². The van der Waals surface area contributed by atoms with Gasteiger partial charge >= 0.3 is 0 Å². The Morgan fingerprint density at radius 1 is 0.962 bits per heavy atom. The van der Waals surface area contributed by atoms with E-state index in [1.54, 1.807) is 6.07 Å². The molecule has 0 unspecified atom stereocenters. The summed E-state index contributed by atoms with van der Waals surface area (Å²) in [5.41, 5.74) is 2.27. The summed E-state index contributed by atoms with van der Waals surface area (Å²) in [6, 6.07) is 22.0. The van der Waals surface area contributed by atoms with Crippen molar-refractivity contribution in [3.05, 3.63) is 106 Å². The van der Waals surface area contributed by atoms with E-state index in [0.29, 0.717) is 5.69 Å². The summed E-state index contributed by atoms with van der Waals surface area (Å²) in [4.78, 5) is 27.0. The van der Waals surface area contributed by atoms with Crippen LogP contribution >= 0.6 is 0 Å². The zero-order valence-electron chi connectivity index (χ0n) is 13.9. The van der Waals surface area contributed by atoms with E-state index in [-0.39, 0.29) is 18.1 Å². The number of aromatic nitrogens is 1. The Morgan fingerprint density at radius 3 is 2.00 bits per heavy atom. The molecule has 0 bridgehead atoms. The normalized spacial score (nSPS) is 10.5. The number of hydrogen-bond acceptors (Lipinski definition) is 4. The molecule has 6 heteroatoms. The summed E-state index contributed by atoms with van der Waals surface area (Å²) >= 11 is 0. The van der Waals surface area contributed by atoms with E-state index < -0.39 is 10.8 Å². The van der Waals surface area contributed by atoms with Gasteiger partial charge in [0.2, 0.25) is 5.91 Å². The van der Waals surface area contributed by atoms with Crippen LogP contribution in [0.5, 0.6) is 0 Å². The summed E-state index contributed by atoms with van der Waals surface area (Å²) in [7, 11) is 0. The van der Waals surface area contributed by atoms with Crippen molar-refractivity contribution >= 4 is 11.6 Å². The fourth-order valence-electron chi connectivity index (χ4n) is 2.70. The third kappa shape index (κ3) is 4.10. The predicted octanol–water partition coefficient (Wildman–Crippen LogP) is 3.44. The van der Waals surface area contributed by atoms with E-state index in [1.807, 2.05) is 60.7 Å². The minimum absolute atomic E-state index is 0.0773. The third-order valence-electron chi connectivity index (χ3n) is 3.99. The van der Waals surface area contributed by atoms with E-state index in [2.05, 4.69) is 10.3 Å². The number of carbonyl (C=O) groups is 1. The molecule has 0 fully saturated rings. The van der Waals surface area contributed by atoms with Gasteiger partial charge in [-0.25, -0.2) is 0 Å². The number of pyridine rings is 1. The van der Waals surface area contributed by atoms with Crippen molar-refractivity contribution in [3.63, 3.8) is 0 Å². The number of rotatable bonds is 6. The lowest BCUT2D eigenvalue weighted by atomic mass is 9.90. The molecule has 3 aromatic rings. The molecule has 3 rings (SSSR count). The molecule has 1 amide bonds. The van der Waals surface area contributed by atoms with Gasteiger partial charge in [-0.1, -0.05) is 60.7 Å². The molecule has 0 radical (unpaired) electrons. The molecule has 6 nitrogen and oxygen atoms in total. The van der Waals surface area contributed by atoms with Crippen molar-refractivity contribution in [2.75, 3.05) is 0 Å². The maximum atomic E-state index is 12.8. The van der Waals surface area contributed by atoms with Crippen molar-refractivity contribution in [2.45, 2.75) is 12.5 Å². The molecule has 0 saturated carbocycles. The molecule has 0 aliphatic heterocycles. The first-order chi connectivity index (χ1) is 12.6. The summed E-state index contributed by atoms with van der Waals surface area (Å²) < 4.78 is 0. The van der Waals surface area contributed by atoms with Gasteiger partial charge in [0.25, 0.3) is 5.69 Å². The van der Waals surface area contributed by atoms with E-state index in [0.717, 1.165) is 11.1 Å². The van der Waals surface area contributed by atoms with Crippen LogP contribution in [0.4, 0.5) is 5.69 Å². The van der Waals surface area contributed by atoms with Crippen LogP contribution in [0.2, 0.25) is 0 Å². The molecule has 0 saturated heterocycles. The van der Waals surface area contributed by atoms with E-state index in [1.165, 1.54) is 12.3 Å². The second kappa shape index (κ2) is 8.02. The highest BCUT2D eigenvalue weighted by Gasteiger charge is 2.22. The van der Waals surface area contributed by atoms with Gasteiger partial charge in [0.05, 0.1) is 23.1 Å². The standard InChI is InChI=1S/C20H17N3O3/c24-20(22-13-17-11-12-18(14-21-17)23(25)26)19(15-7-3-1-4-8-15)16-9-5-2-6-10-16/h1-12,14,19H,13H2,(H,22,24). The molecule has 0 aliphatic rings. The topological polar surface area (TPSA) is 85.1 Å². The zero-order chi connectivity index (χ0) is 18.4. The first-order valence-electron chi connectivity index (χ1n) is 8.12. The quantitative estimate of drug-likeness (QED) is 0.547. The van der Waals surface area contributed by atoms with Crippen LogP contribution in [-0.4, -0.2) is 15.8 Å². The Labute approximate surface area is 150 Å². The van der Waals surface area contributed by atoms with Gasteiger partial charge in [0.1, 0.15) is 6.20 Å². The van der Waals surface area contributed by atoms with Gasteiger partial charge < -0.3 is 5.32 Å². The molecule has 26 heavy (non-hydrogen) atoms. The Kier molecular flexibility index (Phi) is 5.34. The lowest BCUT2D eigenvalue weighted by Gasteiger charge is -2.17. The van der Waals surface area contributed by atoms with Crippen molar-refractivity contribution in [2.24, 2.45) is 0 Å². The molecule has 1 N–H and O–H groups in total. The number of hydrogen-bond donors (Lipinski definition) is 1. The lowest BCUT2D eigenvalue weighted by molar-refractivity contribution is -0.385. The van der Waals surface area contributed by atoms with E-state index in [4.69, 9.17) is 0 Å². The van der Waals surface area contributed by atoms with Gasteiger partial charge in [-0.15, -0.1) is 0 Å². The average molecular weight is 347 g/mol. The van der Waals surface area contributed by atoms with Crippen molar-refractivity contribution in [1.82, 2.24) is 10.3 Å². The van der Waals surface area contributed by atoms with Gasteiger partial charge in [-0.05, 0) is 17.2 Å².